The van der Waals surface area contributed by atoms with E-state index in [1.165, 1.54) is 6.07 Å². The summed E-state index contributed by atoms with van der Waals surface area (Å²) in [4.78, 5) is 0. The number of benzene rings is 1. The Morgan fingerprint density at radius 3 is 2.67 bits per heavy atom. The monoisotopic (exact) mass is 247 g/mol. The van der Waals surface area contributed by atoms with E-state index in [-0.39, 0.29) is 5.82 Å². The summed E-state index contributed by atoms with van der Waals surface area (Å²) in [5.41, 5.74) is 8.52. The Balaban J connectivity index is 2.42. The lowest BCUT2D eigenvalue weighted by molar-refractivity contribution is 0.566. The summed E-state index contributed by atoms with van der Waals surface area (Å²) in [5.74, 6) is -0.271. The quantitative estimate of drug-likeness (QED) is 0.902. The molecule has 1 unspecified atom stereocenters. The van der Waals surface area contributed by atoms with E-state index in [1.807, 2.05) is 24.6 Å². The Kier molecular flexibility index (Phi) is 3.77. The van der Waals surface area contributed by atoms with Crippen molar-refractivity contribution in [1.29, 1.82) is 0 Å². The van der Waals surface area contributed by atoms with Crippen molar-refractivity contribution in [2.24, 2.45) is 5.73 Å². The average Bonchev–Trinajstić information content (AvgIpc) is 2.82. The van der Waals surface area contributed by atoms with E-state index in [9.17, 15) is 4.39 Å². The molecule has 0 bridgehead atoms. The Morgan fingerprint density at radius 1 is 1.33 bits per heavy atom. The molecule has 0 aliphatic heterocycles. The van der Waals surface area contributed by atoms with Crippen LogP contribution in [0.1, 0.15) is 36.8 Å². The van der Waals surface area contributed by atoms with Crippen LogP contribution in [0.3, 0.4) is 0 Å². The number of nitrogens with two attached hydrogens (primary N) is 1. The fourth-order valence-corrected chi connectivity index (χ4v) is 2.05. The second-order valence-electron chi connectivity index (χ2n) is 4.23. The number of hydrogen-bond acceptors (Lipinski definition) is 2. The predicted octanol–water partition coefficient (Wildman–Crippen LogP) is 2.65. The predicted molar refractivity (Wildman–Crippen MR) is 69.7 cm³/mol. The van der Waals surface area contributed by atoms with Crippen LogP contribution in [0.2, 0.25) is 0 Å². The molecule has 2 N–H and O–H groups in total. The number of halogens is 1. The molecular formula is C14H18FN3. The third kappa shape index (κ3) is 2.29. The van der Waals surface area contributed by atoms with Gasteiger partial charge in [0.05, 0.1) is 17.4 Å². The smallest absolute Gasteiger partial charge is 0.128 e. The Bertz CT molecular complexity index is 534. The van der Waals surface area contributed by atoms with E-state index in [2.05, 4.69) is 5.10 Å². The second kappa shape index (κ2) is 5.31. The number of aryl methyl sites for hydroxylation is 2. The van der Waals surface area contributed by atoms with E-state index in [0.717, 1.165) is 24.4 Å². The van der Waals surface area contributed by atoms with Crippen LogP contribution in [-0.2, 0) is 13.0 Å². The first-order chi connectivity index (χ1) is 8.67. The van der Waals surface area contributed by atoms with Gasteiger partial charge in [-0.05, 0) is 25.5 Å². The summed E-state index contributed by atoms with van der Waals surface area (Å²) in [5, 5.41) is 4.44. The van der Waals surface area contributed by atoms with Crippen molar-refractivity contribution in [3.8, 4) is 0 Å². The molecule has 2 rings (SSSR count). The molecule has 1 heterocycles. The van der Waals surface area contributed by atoms with Gasteiger partial charge in [0.15, 0.2) is 0 Å². The summed E-state index contributed by atoms with van der Waals surface area (Å²) < 4.78 is 15.6. The van der Waals surface area contributed by atoms with Crippen molar-refractivity contribution in [2.75, 3.05) is 0 Å². The molecule has 0 saturated heterocycles. The average molecular weight is 247 g/mol. The highest BCUT2D eigenvalue weighted by atomic mass is 19.1. The van der Waals surface area contributed by atoms with Gasteiger partial charge in [-0.25, -0.2) is 4.39 Å². The van der Waals surface area contributed by atoms with Gasteiger partial charge in [0.25, 0.3) is 0 Å². The maximum atomic E-state index is 13.7. The van der Waals surface area contributed by atoms with Crippen LogP contribution in [0, 0.1) is 5.82 Å². The van der Waals surface area contributed by atoms with Gasteiger partial charge in [-0.1, -0.05) is 25.1 Å². The number of hydrogen-bond donors (Lipinski definition) is 1. The van der Waals surface area contributed by atoms with Crippen molar-refractivity contribution in [3.63, 3.8) is 0 Å². The summed E-state index contributed by atoms with van der Waals surface area (Å²) in [7, 11) is 0. The van der Waals surface area contributed by atoms with Gasteiger partial charge in [-0.2, -0.15) is 5.10 Å². The number of nitrogens with zero attached hydrogens (tertiary/aromatic N) is 2. The molecule has 0 fully saturated rings. The maximum Gasteiger partial charge on any atom is 0.128 e. The van der Waals surface area contributed by atoms with E-state index in [0.29, 0.717) is 5.56 Å². The zero-order valence-corrected chi connectivity index (χ0v) is 10.7. The molecule has 2 aromatic rings. The standard InChI is InChI=1S/C14H18FN3/c1-3-10-9-13(18(4-2)17-10)14(16)11-7-5-6-8-12(11)15/h5-9,14H,3-4,16H2,1-2H3. The van der Waals surface area contributed by atoms with Crippen LogP contribution >= 0.6 is 0 Å². The highest BCUT2D eigenvalue weighted by molar-refractivity contribution is 5.29. The van der Waals surface area contributed by atoms with Gasteiger partial charge in [0, 0.05) is 12.1 Å². The van der Waals surface area contributed by atoms with Crippen LogP contribution in [0.5, 0.6) is 0 Å². The first-order valence-electron chi connectivity index (χ1n) is 6.24. The molecule has 0 spiro atoms. The Morgan fingerprint density at radius 2 is 2.06 bits per heavy atom. The summed E-state index contributed by atoms with van der Waals surface area (Å²) in [6.45, 7) is 4.78. The van der Waals surface area contributed by atoms with E-state index >= 15 is 0 Å². The molecule has 4 heteroatoms. The molecule has 96 valence electrons. The third-order valence-electron chi connectivity index (χ3n) is 3.08. The summed E-state index contributed by atoms with van der Waals surface area (Å²) >= 11 is 0. The van der Waals surface area contributed by atoms with Crippen LogP contribution in [0.15, 0.2) is 30.3 Å². The molecule has 0 saturated carbocycles. The minimum atomic E-state index is -0.473. The molecule has 0 radical (unpaired) electrons. The molecule has 3 nitrogen and oxygen atoms in total. The lowest BCUT2D eigenvalue weighted by atomic mass is 10.0. The zero-order chi connectivity index (χ0) is 13.1. The highest BCUT2D eigenvalue weighted by Crippen LogP contribution is 2.23. The normalized spacial score (nSPS) is 12.7. The molecular weight excluding hydrogens is 229 g/mol. The summed E-state index contributed by atoms with van der Waals surface area (Å²) in [6.07, 6.45) is 0.851. The van der Waals surface area contributed by atoms with Gasteiger partial charge < -0.3 is 5.73 Å². The fraction of sp³-hybridized carbons (Fsp3) is 0.357. The second-order valence-corrected chi connectivity index (χ2v) is 4.23. The maximum absolute atomic E-state index is 13.7. The van der Waals surface area contributed by atoms with Gasteiger partial charge in [-0.15, -0.1) is 0 Å². The lowest BCUT2D eigenvalue weighted by Crippen LogP contribution is -2.18. The van der Waals surface area contributed by atoms with Crippen LogP contribution in [-0.4, -0.2) is 9.78 Å². The van der Waals surface area contributed by atoms with Crippen molar-refractivity contribution in [3.05, 3.63) is 53.1 Å². The van der Waals surface area contributed by atoms with Crippen molar-refractivity contribution < 1.29 is 4.39 Å². The third-order valence-corrected chi connectivity index (χ3v) is 3.08. The Labute approximate surface area is 106 Å². The van der Waals surface area contributed by atoms with Gasteiger partial charge in [-0.3, -0.25) is 4.68 Å². The van der Waals surface area contributed by atoms with Gasteiger partial charge in [0.1, 0.15) is 5.82 Å². The van der Waals surface area contributed by atoms with E-state index in [1.54, 1.807) is 18.2 Å². The number of aromatic nitrogens is 2. The minimum absolute atomic E-state index is 0.271. The van der Waals surface area contributed by atoms with Gasteiger partial charge >= 0.3 is 0 Å². The van der Waals surface area contributed by atoms with Crippen molar-refractivity contribution in [2.45, 2.75) is 32.9 Å². The van der Waals surface area contributed by atoms with Crippen LogP contribution in [0.25, 0.3) is 0 Å². The molecule has 0 aliphatic carbocycles. The topological polar surface area (TPSA) is 43.8 Å². The van der Waals surface area contributed by atoms with Crippen molar-refractivity contribution in [1.82, 2.24) is 9.78 Å². The molecule has 1 aromatic carbocycles. The SMILES string of the molecule is CCc1cc(C(N)c2ccccc2F)n(CC)n1. The van der Waals surface area contributed by atoms with Crippen molar-refractivity contribution >= 4 is 0 Å². The largest absolute Gasteiger partial charge is 0.319 e. The highest BCUT2D eigenvalue weighted by Gasteiger charge is 2.18. The van der Waals surface area contributed by atoms with Crippen LogP contribution in [0.4, 0.5) is 4.39 Å². The van der Waals surface area contributed by atoms with Gasteiger partial charge in [0.2, 0.25) is 0 Å². The first kappa shape index (κ1) is 12.8. The van der Waals surface area contributed by atoms with E-state index < -0.39 is 6.04 Å². The molecule has 1 aromatic heterocycles. The molecule has 18 heavy (non-hydrogen) atoms. The molecule has 0 amide bonds. The fourth-order valence-electron chi connectivity index (χ4n) is 2.05. The molecule has 0 aliphatic rings. The van der Waals surface area contributed by atoms with Crippen LogP contribution < -0.4 is 5.73 Å². The zero-order valence-electron chi connectivity index (χ0n) is 10.7. The number of rotatable bonds is 4. The lowest BCUT2D eigenvalue weighted by Gasteiger charge is -2.14. The summed E-state index contributed by atoms with van der Waals surface area (Å²) in [6, 6.07) is 8.10. The Hall–Kier alpha value is -1.68. The van der Waals surface area contributed by atoms with E-state index in [4.69, 9.17) is 5.73 Å². The molecule has 1 atom stereocenters. The first-order valence-corrected chi connectivity index (χ1v) is 6.24. The minimum Gasteiger partial charge on any atom is -0.319 e.